The van der Waals surface area contributed by atoms with E-state index in [0.29, 0.717) is 0 Å². The summed E-state index contributed by atoms with van der Waals surface area (Å²) in [4.78, 5) is 20.9. The number of hydrogen-bond donors (Lipinski definition) is 4. The maximum atomic E-state index is 10.7. The molecule has 0 unspecified atom stereocenters. The summed E-state index contributed by atoms with van der Waals surface area (Å²) in [6, 6.07) is 0. The second kappa shape index (κ2) is 3.54. The molecule has 6 heteroatoms. The first-order valence-corrected chi connectivity index (χ1v) is 3.78. The van der Waals surface area contributed by atoms with Gasteiger partial charge < -0.3 is 5.11 Å². The van der Waals surface area contributed by atoms with Crippen molar-refractivity contribution in [3.63, 3.8) is 0 Å². The molecule has 0 aliphatic heterocycles. The SMILES string of the molecule is O=C(O)C(S)(S)C(=O)CS. The van der Waals surface area contributed by atoms with Crippen LogP contribution in [-0.2, 0) is 9.59 Å². The number of aliphatic carboxylic acids is 1. The number of thiol groups is 3. The lowest BCUT2D eigenvalue weighted by atomic mass is 10.3. The molecule has 0 spiro atoms. The average molecular weight is 198 g/mol. The molecular weight excluding hydrogens is 192 g/mol. The third-order valence-electron chi connectivity index (χ3n) is 0.831. The quantitative estimate of drug-likeness (QED) is 0.296. The lowest BCUT2D eigenvalue weighted by Crippen LogP contribution is -2.36. The molecule has 0 fully saturated rings. The van der Waals surface area contributed by atoms with Gasteiger partial charge in [0.25, 0.3) is 0 Å². The van der Waals surface area contributed by atoms with Crippen LogP contribution in [-0.4, -0.2) is 26.7 Å². The van der Waals surface area contributed by atoms with Crippen LogP contribution in [0.4, 0.5) is 0 Å². The lowest BCUT2D eigenvalue weighted by Gasteiger charge is -2.12. The van der Waals surface area contributed by atoms with E-state index in [0.717, 1.165) is 0 Å². The summed E-state index contributed by atoms with van der Waals surface area (Å²) in [6.45, 7) is 0. The Labute approximate surface area is 74.4 Å². The first-order valence-electron chi connectivity index (χ1n) is 2.25. The molecule has 0 aliphatic carbocycles. The molecule has 0 saturated carbocycles. The van der Waals surface area contributed by atoms with Gasteiger partial charge in [-0.3, -0.25) is 4.79 Å². The van der Waals surface area contributed by atoms with E-state index in [-0.39, 0.29) is 5.75 Å². The molecule has 0 amide bonds. The summed E-state index contributed by atoms with van der Waals surface area (Å²) < 4.78 is -1.90. The zero-order valence-electron chi connectivity index (χ0n) is 4.81. The minimum Gasteiger partial charge on any atom is -0.479 e. The van der Waals surface area contributed by atoms with Crippen molar-refractivity contribution >= 4 is 49.6 Å². The number of rotatable bonds is 3. The maximum Gasteiger partial charge on any atom is 0.337 e. The summed E-state index contributed by atoms with van der Waals surface area (Å²) in [5.41, 5.74) is 0. The Morgan fingerprint density at radius 2 is 1.80 bits per heavy atom. The Bertz CT molecular complexity index is 165. The van der Waals surface area contributed by atoms with Gasteiger partial charge in [-0.05, 0) is 0 Å². The fourth-order valence-corrected chi connectivity index (χ4v) is 0.874. The summed E-state index contributed by atoms with van der Waals surface area (Å²) in [7, 11) is 0. The van der Waals surface area contributed by atoms with Crippen molar-refractivity contribution in [3.8, 4) is 0 Å². The van der Waals surface area contributed by atoms with Crippen molar-refractivity contribution in [2.75, 3.05) is 5.75 Å². The molecule has 3 nitrogen and oxygen atoms in total. The number of carbonyl (C=O) groups excluding carboxylic acids is 1. The molecule has 0 bridgehead atoms. The van der Waals surface area contributed by atoms with Crippen LogP contribution in [0.1, 0.15) is 0 Å². The molecule has 0 rings (SSSR count). The minimum absolute atomic E-state index is 0.181. The third-order valence-corrected chi connectivity index (χ3v) is 2.00. The van der Waals surface area contributed by atoms with Crippen LogP contribution in [0.15, 0.2) is 0 Å². The normalized spacial score (nSPS) is 11.1. The monoisotopic (exact) mass is 198 g/mol. The number of Topliss-reactive ketones (excluding diaryl/α,β-unsaturated/α-hetero) is 1. The highest BCUT2D eigenvalue weighted by Gasteiger charge is 2.37. The van der Waals surface area contributed by atoms with Crippen LogP contribution in [0.5, 0.6) is 0 Å². The van der Waals surface area contributed by atoms with Crippen molar-refractivity contribution in [1.29, 1.82) is 0 Å². The van der Waals surface area contributed by atoms with Gasteiger partial charge in [0.1, 0.15) is 0 Å². The molecule has 0 radical (unpaired) electrons. The third kappa shape index (κ3) is 2.10. The highest BCUT2D eigenvalue weighted by atomic mass is 32.2. The Morgan fingerprint density at radius 1 is 1.40 bits per heavy atom. The van der Waals surface area contributed by atoms with E-state index in [1.54, 1.807) is 0 Å². The first-order chi connectivity index (χ1) is 4.42. The van der Waals surface area contributed by atoms with Crippen molar-refractivity contribution in [3.05, 3.63) is 0 Å². The van der Waals surface area contributed by atoms with Crippen LogP contribution in [0.25, 0.3) is 0 Å². The van der Waals surface area contributed by atoms with Gasteiger partial charge in [0, 0.05) is 0 Å². The molecule has 0 aromatic heterocycles. The molecule has 10 heavy (non-hydrogen) atoms. The van der Waals surface area contributed by atoms with Gasteiger partial charge in [-0.15, -0.1) is 25.3 Å². The summed E-state index contributed by atoms with van der Waals surface area (Å²) in [5, 5.41) is 8.34. The van der Waals surface area contributed by atoms with E-state index in [1.165, 1.54) is 0 Å². The van der Waals surface area contributed by atoms with E-state index in [4.69, 9.17) is 5.11 Å². The maximum absolute atomic E-state index is 10.7. The summed E-state index contributed by atoms with van der Waals surface area (Å²) >= 11 is 10.6. The second-order valence-electron chi connectivity index (χ2n) is 1.56. The molecule has 0 aromatic rings. The minimum atomic E-state index is -1.90. The van der Waals surface area contributed by atoms with Gasteiger partial charge in [0.15, 0.2) is 5.78 Å². The zero-order valence-corrected chi connectivity index (χ0v) is 7.50. The molecule has 0 aromatic carbocycles. The average Bonchev–Trinajstić information content (AvgIpc) is 1.86. The van der Waals surface area contributed by atoms with Crippen LogP contribution < -0.4 is 0 Å². The van der Waals surface area contributed by atoms with Crippen LogP contribution in [0.2, 0.25) is 0 Å². The standard InChI is InChI=1S/C4H6O3S3/c5-2(1-8)4(9,10)3(6)7/h8-10H,1H2,(H,6,7). The van der Waals surface area contributed by atoms with Gasteiger partial charge in [-0.1, -0.05) is 0 Å². The fourth-order valence-electron chi connectivity index (χ4n) is 0.230. The van der Waals surface area contributed by atoms with Gasteiger partial charge >= 0.3 is 5.97 Å². The van der Waals surface area contributed by atoms with Crippen LogP contribution in [0, 0.1) is 0 Å². The van der Waals surface area contributed by atoms with Crippen molar-refractivity contribution < 1.29 is 14.7 Å². The van der Waals surface area contributed by atoms with Crippen molar-refractivity contribution in [2.24, 2.45) is 0 Å². The lowest BCUT2D eigenvalue weighted by molar-refractivity contribution is -0.139. The number of carbonyl (C=O) groups is 2. The Hall–Kier alpha value is 0.190. The van der Waals surface area contributed by atoms with E-state index < -0.39 is 15.8 Å². The number of ketones is 1. The predicted molar refractivity (Wildman–Crippen MR) is 47.2 cm³/mol. The van der Waals surface area contributed by atoms with E-state index in [2.05, 4.69) is 37.9 Å². The van der Waals surface area contributed by atoms with E-state index in [1.807, 2.05) is 0 Å². The topological polar surface area (TPSA) is 54.4 Å². The van der Waals surface area contributed by atoms with Gasteiger partial charge in [-0.25, -0.2) is 4.79 Å². The summed E-state index contributed by atoms with van der Waals surface area (Å²) in [6.07, 6.45) is 0. The van der Waals surface area contributed by atoms with Crippen molar-refractivity contribution in [2.45, 2.75) is 4.08 Å². The molecule has 58 valence electrons. The largest absolute Gasteiger partial charge is 0.479 e. The predicted octanol–water partition coefficient (Wildman–Crippen LogP) is 0.126. The van der Waals surface area contributed by atoms with Gasteiger partial charge in [0.05, 0.1) is 5.75 Å². The molecule has 1 N–H and O–H groups in total. The van der Waals surface area contributed by atoms with Crippen LogP contribution >= 0.6 is 37.9 Å². The molecule has 0 aliphatic rings. The van der Waals surface area contributed by atoms with E-state index in [9.17, 15) is 9.59 Å². The van der Waals surface area contributed by atoms with Crippen molar-refractivity contribution in [1.82, 2.24) is 0 Å². The Kier molecular flexibility index (Phi) is 3.61. The first kappa shape index (κ1) is 10.2. The summed E-state index contributed by atoms with van der Waals surface area (Å²) in [5.74, 6) is -2.20. The van der Waals surface area contributed by atoms with Crippen LogP contribution in [0.3, 0.4) is 0 Å². The second-order valence-corrected chi connectivity index (χ2v) is 3.57. The number of hydrogen-bond acceptors (Lipinski definition) is 5. The number of carboxylic acids is 1. The molecule has 0 atom stereocenters. The fraction of sp³-hybridized carbons (Fsp3) is 0.500. The van der Waals surface area contributed by atoms with E-state index >= 15 is 0 Å². The smallest absolute Gasteiger partial charge is 0.337 e. The van der Waals surface area contributed by atoms with Gasteiger partial charge in [0.2, 0.25) is 4.08 Å². The van der Waals surface area contributed by atoms with Gasteiger partial charge in [-0.2, -0.15) is 12.6 Å². The number of carboxylic acid groups (broad SMARTS) is 1. The highest BCUT2D eigenvalue weighted by molar-refractivity contribution is 8.03. The molecule has 0 saturated heterocycles. The molecular formula is C4H6O3S3. The Balaban J connectivity index is 4.40. The zero-order chi connectivity index (χ0) is 8.36. The Morgan fingerprint density at radius 3 is 1.90 bits per heavy atom. The highest BCUT2D eigenvalue weighted by Crippen LogP contribution is 2.21. The molecule has 0 heterocycles.